The van der Waals surface area contributed by atoms with Crippen molar-refractivity contribution in [3.8, 4) is 5.75 Å². The standard InChI is InChI=1S/C24H31NO4/c1-4-7-8-11-16-29-24(28)20-13-10-9-12-19(20)23(27)21-15-14-18(26)17-22(21)25(5-2)6-3/h9-10,12-15,17,26H,4-8,11,16H2,1-3H3. The molecule has 0 saturated heterocycles. The Labute approximate surface area is 173 Å². The highest BCUT2D eigenvalue weighted by atomic mass is 16.5. The van der Waals surface area contributed by atoms with Crippen molar-refractivity contribution in [2.24, 2.45) is 0 Å². The average molecular weight is 398 g/mol. The van der Waals surface area contributed by atoms with Crippen molar-refractivity contribution in [2.75, 3.05) is 24.6 Å². The van der Waals surface area contributed by atoms with Crippen LogP contribution in [0.5, 0.6) is 5.75 Å². The topological polar surface area (TPSA) is 66.8 Å². The number of hydrogen-bond acceptors (Lipinski definition) is 5. The number of carbonyl (C=O) groups is 2. The van der Waals surface area contributed by atoms with Gasteiger partial charge in [0.25, 0.3) is 0 Å². The number of ketones is 1. The molecule has 0 heterocycles. The van der Waals surface area contributed by atoms with Gasteiger partial charge in [-0.1, -0.05) is 44.4 Å². The summed E-state index contributed by atoms with van der Waals surface area (Å²) in [7, 11) is 0. The van der Waals surface area contributed by atoms with Gasteiger partial charge in [0.15, 0.2) is 5.78 Å². The van der Waals surface area contributed by atoms with Crippen LogP contribution in [0.2, 0.25) is 0 Å². The van der Waals surface area contributed by atoms with Crippen molar-refractivity contribution in [2.45, 2.75) is 46.5 Å². The molecule has 0 spiro atoms. The number of anilines is 1. The third-order valence-corrected chi connectivity index (χ3v) is 4.95. The van der Waals surface area contributed by atoms with Crippen LogP contribution >= 0.6 is 0 Å². The van der Waals surface area contributed by atoms with E-state index in [4.69, 9.17) is 4.74 Å². The number of esters is 1. The number of benzene rings is 2. The van der Waals surface area contributed by atoms with E-state index in [1.807, 2.05) is 18.7 Å². The number of rotatable bonds is 11. The maximum atomic E-state index is 13.3. The molecular weight excluding hydrogens is 366 g/mol. The lowest BCUT2D eigenvalue weighted by molar-refractivity contribution is 0.0495. The minimum absolute atomic E-state index is 0.100. The molecule has 2 rings (SSSR count). The van der Waals surface area contributed by atoms with Crippen LogP contribution in [0.4, 0.5) is 5.69 Å². The number of nitrogens with zero attached hydrogens (tertiary/aromatic N) is 1. The van der Waals surface area contributed by atoms with Gasteiger partial charge in [0.1, 0.15) is 5.75 Å². The van der Waals surface area contributed by atoms with Crippen LogP contribution in [-0.2, 0) is 4.74 Å². The number of phenols is 1. The Balaban J connectivity index is 2.30. The van der Waals surface area contributed by atoms with E-state index in [2.05, 4.69) is 6.92 Å². The molecule has 0 atom stereocenters. The van der Waals surface area contributed by atoms with E-state index in [9.17, 15) is 14.7 Å². The third kappa shape index (κ3) is 5.83. The van der Waals surface area contributed by atoms with Crippen molar-refractivity contribution < 1.29 is 19.4 Å². The van der Waals surface area contributed by atoms with E-state index in [1.165, 1.54) is 6.07 Å². The summed E-state index contributed by atoms with van der Waals surface area (Å²) in [4.78, 5) is 27.9. The zero-order chi connectivity index (χ0) is 21.2. The van der Waals surface area contributed by atoms with Crippen LogP contribution in [0, 0.1) is 0 Å². The van der Waals surface area contributed by atoms with Gasteiger partial charge in [-0.3, -0.25) is 4.79 Å². The fourth-order valence-corrected chi connectivity index (χ4v) is 3.31. The first-order chi connectivity index (χ1) is 14.0. The second-order valence-corrected chi connectivity index (χ2v) is 6.95. The van der Waals surface area contributed by atoms with Gasteiger partial charge in [-0.2, -0.15) is 0 Å². The Bertz CT molecular complexity index is 827. The molecule has 0 aromatic heterocycles. The summed E-state index contributed by atoms with van der Waals surface area (Å²) in [6, 6.07) is 11.4. The van der Waals surface area contributed by atoms with Crippen LogP contribution < -0.4 is 4.90 Å². The Morgan fingerprint density at radius 2 is 1.59 bits per heavy atom. The normalized spacial score (nSPS) is 10.6. The maximum Gasteiger partial charge on any atom is 0.338 e. The quantitative estimate of drug-likeness (QED) is 0.320. The predicted octanol–water partition coefficient (Wildman–Crippen LogP) is 5.21. The number of phenolic OH excluding ortho intramolecular Hbond substituents is 1. The summed E-state index contributed by atoms with van der Waals surface area (Å²) in [6.07, 6.45) is 4.07. The van der Waals surface area contributed by atoms with Crippen molar-refractivity contribution in [3.05, 3.63) is 59.2 Å². The van der Waals surface area contributed by atoms with Gasteiger partial charge >= 0.3 is 5.97 Å². The zero-order valence-electron chi connectivity index (χ0n) is 17.6. The van der Waals surface area contributed by atoms with E-state index in [0.29, 0.717) is 36.5 Å². The summed E-state index contributed by atoms with van der Waals surface area (Å²) >= 11 is 0. The van der Waals surface area contributed by atoms with Crippen molar-refractivity contribution >= 4 is 17.4 Å². The number of ether oxygens (including phenoxy) is 1. The largest absolute Gasteiger partial charge is 0.508 e. The van der Waals surface area contributed by atoms with Gasteiger partial charge < -0.3 is 14.7 Å². The lowest BCUT2D eigenvalue weighted by atomic mass is 9.96. The van der Waals surface area contributed by atoms with Gasteiger partial charge in [-0.15, -0.1) is 0 Å². The van der Waals surface area contributed by atoms with Gasteiger partial charge in [0.2, 0.25) is 0 Å². The van der Waals surface area contributed by atoms with Gasteiger partial charge in [-0.25, -0.2) is 4.79 Å². The summed E-state index contributed by atoms with van der Waals surface area (Å²) < 4.78 is 5.40. The predicted molar refractivity (Wildman–Crippen MR) is 116 cm³/mol. The summed E-state index contributed by atoms with van der Waals surface area (Å²) in [5, 5.41) is 9.92. The Hall–Kier alpha value is -2.82. The van der Waals surface area contributed by atoms with Crippen molar-refractivity contribution in [1.29, 1.82) is 0 Å². The van der Waals surface area contributed by atoms with Crippen LogP contribution in [-0.4, -0.2) is 36.6 Å². The first-order valence-electron chi connectivity index (χ1n) is 10.4. The molecule has 5 heteroatoms. The summed E-state index contributed by atoms with van der Waals surface area (Å²) in [5.41, 5.74) is 1.69. The SMILES string of the molecule is CCCCCCOC(=O)c1ccccc1C(=O)c1ccc(O)cc1N(CC)CC. The maximum absolute atomic E-state index is 13.3. The third-order valence-electron chi connectivity index (χ3n) is 4.95. The molecule has 1 N–H and O–H groups in total. The molecule has 0 fully saturated rings. The first-order valence-corrected chi connectivity index (χ1v) is 10.4. The first kappa shape index (κ1) is 22.5. The number of carbonyl (C=O) groups excluding carboxylic acids is 2. The lowest BCUT2D eigenvalue weighted by Gasteiger charge is -2.24. The lowest BCUT2D eigenvalue weighted by Crippen LogP contribution is -2.24. The number of unbranched alkanes of at least 4 members (excludes halogenated alkanes) is 3. The van der Waals surface area contributed by atoms with Crippen LogP contribution in [0.3, 0.4) is 0 Å². The monoisotopic (exact) mass is 397 g/mol. The van der Waals surface area contributed by atoms with Crippen molar-refractivity contribution in [3.63, 3.8) is 0 Å². The summed E-state index contributed by atoms with van der Waals surface area (Å²) in [5.74, 6) is -0.637. The van der Waals surface area contributed by atoms with E-state index >= 15 is 0 Å². The van der Waals surface area contributed by atoms with Gasteiger partial charge in [0, 0.05) is 30.3 Å². The molecule has 0 unspecified atom stereocenters. The van der Waals surface area contributed by atoms with Gasteiger partial charge in [0.05, 0.1) is 17.9 Å². The molecule has 0 aliphatic rings. The molecule has 0 amide bonds. The molecule has 156 valence electrons. The molecule has 2 aromatic rings. The number of aromatic hydroxyl groups is 1. The van der Waals surface area contributed by atoms with E-state index in [0.717, 1.165) is 25.7 Å². The van der Waals surface area contributed by atoms with E-state index < -0.39 is 5.97 Å². The highest BCUT2D eigenvalue weighted by Gasteiger charge is 2.22. The minimum Gasteiger partial charge on any atom is -0.508 e. The molecule has 0 aliphatic heterocycles. The van der Waals surface area contributed by atoms with E-state index in [-0.39, 0.29) is 17.1 Å². The van der Waals surface area contributed by atoms with Crippen molar-refractivity contribution in [1.82, 2.24) is 0 Å². The van der Waals surface area contributed by atoms with Crippen LogP contribution in [0.1, 0.15) is 72.7 Å². The molecular formula is C24H31NO4. The Morgan fingerprint density at radius 3 is 2.24 bits per heavy atom. The molecule has 29 heavy (non-hydrogen) atoms. The Kier molecular flexibility index (Phi) is 8.71. The van der Waals surface area contributed by atoms with E-state index in [1.54, 1.807) is 36.4 Å². The second kappa shape index (κ2) is 11.2. The second-order valence-electron chi connectivity index (χ2n) is 6.95. The molecule has 0 aliphatic carbocycles. The van der Waals surface area contributed by atoms with Crippen LogP contribution in [0.15, 0.2) is 42.5 Å². The molecule has 5 nitrogen and oxygen atoms in total. The van der Waals surface area contributed by atoms with Gasteiger partial charge in [-0.05, 0) is 38.5 Å². The fourth-order valence-electron chi connectivity index (χ4n) is 3.31. The zero-order valence-corrected chi connectivity index (χ0v) is 17.6. The Morgan fingerprint density at radius 1 is 0.897 bits per heavy atom. The number of hydrogen-bond donors (Lipinski definition) is 1. The molecule has 0 saturated carbocycles. The molecule has 0 radical (unpaired) electrons. The van der Waals surface area contributed by atoms with Crippen LogP contribution in [0.25, 0.3) is 0 Å². The highest BCUT2D eigenvalue weighted by molar-refractivity contribution is 6.17. The summed E-state index contributed by atoms with van der Waals surface area (Å²) in [6.45, 7) is 7.86. The molecule has 0 bridgehead atoms. The fraction of sp³-hybridized carbons (Fsp3) is 0.417. The minimum atomic E-state index is -0.478. The smallest absolute Gasteiger partial charge is 0.338 e. The average Bonchev–Trinajstić information content (AvgIpc) is 2.74. The highest BCUT2D eigenvalue weighted by Crippen LogP contribution is 2.28. The molecule has 2 aromatic carbocycles.